The van der Waals surface area contributed by atoms with Gasteiger partial charge in [0.15, 0.2) is 23.0 Å². The maximum absolute atomic E-state index is 6.48. The summed E-state index contributed by atoms with van der Waals surface area (Å²) in [4.78, 5) is 2.21. The first-order valence-corrected chi connectivity index (χ1v) is 14.3. The van der Waals surface area contributed by atoms with Crippen LogP contribution in [0.3, 0.4) is 0 Å². The van der Waals surface area contributed by atoms with E-state index in [1.54, 1.807) is 0 Å². The zero-order valence-electron chi connectivity index (χ0n) is 22.2. The Kier molecular flexibility index (Phi) is 5.86. The SMILES string of the molecule is Brc1c(Oc2ccccc2)cc(-c2cc3c4c(c2)Oc2ccccc2N4c2ccccc2O3)cc1Oc1ccccc1. The van der Waals surface area contributed by atoms with Gasteiger partial charge >= 0.3 is 0 Å². The number of hydrogen-bond acceptors (Lipinski definition) is 5. The molecule has 0 amide bonds. The van der Waals surface area contributed by atoms with Crippen molar-refractivity contribution in [3.8, 4) is 57.1 Å². The van der Waals surface area contributed by atoms with Crippen LogP contribution in [0.15, 0.2) is 138 Å². The van der Waals surface area contributed by atoms with E-state index in [-0.39, 0.29) is 0 Å². The Bertz CT molecular complexity index is 1830. The Morgan fingerprint density at radius 2 is 0.905 bits per heavy atom. The van der Waals surface area contributed by atoms with Gasteiger partial charge in [0.05, 0.1) is 11.4 Å². The number of benzene rings is 6. The largest absolute Gasteiger partial charge is 0.456 e. The van der Waals surface area contributed by atoms with Crippen LogP contribution in [0.1, 0.15) is 0 Å². The Hall–Kier alpha value is -5.20. The summed E-state index contributed by atoms with van der Waals surface area (Å²) in [5.74, 6) is 5.65. The number of ether oxygens (including phenoxy) is 4. The van der Waals surface area contributed by atoms with Crippen LogP contribution in [0.2, 0.25) is 0 Å². The maximum atomic E-state index is 6.48. The molecule has 6 aromatic rings. The molecule has 0 saturated carbocycles. The standard InChI is InChI=1S/C36H22BrNO4/c37-35-31(39-25-11-3-1-4-12-25)19-23(20-32(35)40-26-13-5-2-6-14-26)24-21-33-36-34(22-24)42-30-18-10-8-16-28(30)38(36)27-15-7-9-17-29(27)41-33/h1-22H. The van der Waals surface area contributed by atoms with Crippen LogP contribution >= 0.6 is 15.9 Å². The lowest BCUT2D eigenvalue weighted by Crippen LogP contribution is -2.20. The number of nitrogens with zero attached hydrogens (tertiary/aromatic N) is 1. The first-order valence-electron chi connectivity index (χ1n) is 13.5. The molecule has 5 nitrogen and oxygen atoms in total. The summed E-state index contributed by atoms with van der Waals surface area (Å²) in [6.45, 7) is 0. The Labute approximate surface area is 251 Å². The summed E-state index contributed by atoms with van der Waals surface area (Å²) in [6, 6.07) is 43.5. The minimum Gasteiger partial charge on any atom is -0.456 e. The van der Waals surface area contributed by atoms with Gasteiger partial charge in [0.25, 0.3) is 0 Å². The zero-order chi connectivity index (χ0) is 28.0. The molecule has 2 aliphatic rings. The second-order valence-electron chi connectivity index (χ2n) is 9.91. The van der Waals surface area contributed by atoms with Gasteiger partial charge in [0.1, 0.15) is 33.2 Å². The smallest absolute Gasteiger partial charge is 0.156 e. The second kappa shape index (κ2) is 10.0. The lowest BCUT2D eigenvalue weighted by atomic mass is 10.0. The Morgan fingerprint density at radius 1 is 0.476 bits per heavy atom. The van der Waals surface area contributed by atoms with E-state index in [9.17, 15) is 0 Å². The Morgan fingerprint density at radius 3 is 1.40 bits per heavy atom. The summed E-state index contributed by atoms with van der Waals surface area (Å²) in [7, 11) is 0. The summed E-state index contributed by atoms with van der Waals surface area (Å²) < 4.78 is 26.4. The van der Waals surface area contributed by atoms with Crippen LogP contribution in [0.25, 0.3) is 11.1 Å². The van der Waals surface area contributed by atoms with Crippen molar-refractivity contribution in [2.24, 2.45) is 0 Å². The molecule has 0 aromatic heterocycles. The highest BCUT2D eigenvalue weighted by Crippen LogP contribution is 2.60. The highest BCUT2D eigenvalue weighted by molar-refractivity contribution is 9.10. The fourth-order valence-corrected chi connectivity index (χ4v) is 5.70. The first kappa shape index (κ1) is 24.6. The average molecular weight is 612 g/mol. The number of anilines is 3. The normalized spacial score (nSPS) is 12.3. The van der Waals surface area contributed by atoms with Gasteiger partial charge in [-0.3, -0.25) is 4.90 Å². The molecule has 0 saturated heterocycles. The maximum Gasteiger partial charge on any atom is 0.156 e. The molecule has 0 bridgehead atoms. The average Bonchev–Trinajstić information content (AvgIpc) is 3.03. The van der Waals surface area contributed by atoms with Crippen LogP contribution < -0.4 is 23.8 Å². The van der Waals surface area contributed by atoms with Crippen molar-refractivity contribution in [3.05, 3.63) is 138 Å². The van der Waals surface area contributed by atoms with Crippen molar-refractivity contribution in [3.63, 3.8) is 0 Å². The molecular formula is C36H22BrNO4. The molecule has 6 aromatic carbocycles. The van der Waals surface area contributed by atoms with Crippen molar-refractivity contribution < 1.29 is 18.9 Å². The molecule has 0 spiro atoms. The topological polar surface area (TPSA) is 40.2 Å². The van der Waals surface area contributed by atoms with E-state index in [4.69, 9.17) is 18.9 Å². The van der Waals surface area contributed by atoms with Gasteiger partial charge in [0.2, 0.25) is 0 Å². The van der Waals surface area contributed by atoms with Crippen LogP contribution in [0, 0.1) is 0 Å². The van der Waals surface area contributed by atoms with Gasteiger partial charge in [-0.25, -0.2) is 0 Å². The molecule has 0 atom stereocenters. The van der Waals surface area contributed by atoms with E-state index < -0.39 is 0 Å². The third-order valence-corrected chi connectivity index (χ3v) is 7.98. The lowest BCUT2D eigenvalue weighted by Gasteiger charge is -2.38. The number of para-hydroxylation sites is 6. The minimum atomic E-state index is 0.621. The predicted octanol–water partition coefficient (Wildman–Crippen LogP) is 11.4. The molecular weight excluding hydrogens is 590 g/mol. The van der Waals surface area contributed by atoms with E-state index in [0.717, 1.165) is 51.2 Å². The van der Waals surface area contributed by atoms with Crippen molar-refractivity contribution in [2.75, 3.05) is 4.90 Å². The minimum absolute atomic E-state index is 0.621. The highest BCUT2D eigenvalue weighted by atomic mass is 79.9. The van der Waals surface area contributed by atoms with E-state index in [1.165, 1.54) is 0 Å². The highest BCUT2D eigenvalue weighted by Gasteiger charge is 2.35. The summed E-state index contributed by atoms with van der Waals surface area (Å²) in [6.07, 6.45) is 0. The van der Waals surface area contributed by atoms with Crippen molar-refractivity contribution in [1.82, 2.24) is 0 Å². The monoisotopic (exact) mass is 611 g/mol. The molecule has 8 rings (SSSR count). The Balaban J connectivity index is 1.29. The van der Waals surface area contributed by atoms with Crippen LogP contribution in [-0.4, -0.2) is 0 Å². The van der Waals surface area contributed by atoms with Gasteiger partial charge in [-0.2, -0.15) is 0 Å². The molecule has 0 aliphatic carbocycles. The third kappa shape index (κ3) is 4.24. The van der Waals surface area contributed by atoms with E-state index in [2.05, 4.69) is 33.0 Å². The fraction of sp³-hybridized carbons (Fsp3) is 0. The van der Waals surface area contributed by atoms with Gasteiger partial charge in [0, 0.05) is 0 Å². The van der Waals surface area contributed by atoms with Crippen molar-refractivity contribution in [2.45, 2.75) is 0 Å². The van der Waals surface area contributed by atoms with Crippen molar-refractivity contribution in [1.29, 1.82) is 0 Å². The molecule has 2 aliphatic heterocycles. The zero-order valence-corrected chi connectivity index (χ0v) is 23.7. The molecule has 0 unspecified atom stereocenters. The van der Waals surface area contributed by atoms with Crippen LogP contribution in [0.4, 0.5) is 17.1 Å². The number of hydrogen-bond donors (Lipinski definition) is 0. The summed E-state index contributed by atoms with van der Waals surface area (Å²) in [5, 5.41) is 0. The second-order valence-corrected chi connectivity index (χ2v) is 10.7. The molecule has 42 heavy (non-hydrogen) atoms. The number of fused-ring (bicyclic) bond motifs is 4. The predicted molar refractivity (Wildman–Crippen MR) is 167 cm³/mol. The lowest BCUT2D eigenvalue weighted by molar-refractivity contribution is 0.446. The molecule has 6 heteroatoms. The molecule has 202 valence electrons. The third-order valence-electron chi connectivity index (χ3n) is 7.20. The summed E-state index contributed by atoms with van der Waals surface area (Å²) >= 11 is 3.74. The number of rotatable bonds is 5. The summed E-state index contributed by atoms with van der Waals surface area (Å²) in [5.41, 5.74) is 4.58. The van der Waals surface area contributed by atoms with Gasteiger partial charge in [-0.15, -0.1) is 0 Å². The first-order chi connectivity index (χ1) is 20.7. The van der Waals surface area contributed by atoms with E-state index >= 15 is 0 Å². The molecule has 0 N–H and O–H groups in total. The van der Waals surface area contributed by atoms with Gasteiger partial charge in [-0.05, 0) is 99.9 Å². The van der Waals surface area contributed by atoms with E-state index in [1.807, 2.05) is 121 Å². The van der Waals surface area contributed by atoms with Crippen LogP contribution in [0.5, 0.6) is 46.0 Å². The molecule has 0 radical (unpaired) electrons. The fourth-order valence-electron chi connectivity index (χ4n) is 5.31. The van der Waals surface area contributed by atoms with E-state index in [0.29, 0.717) is 27.5 Å². The molecule has 2 heterocycles. The van der Waals surface area contributed by atoms with Gasteiger partial charge in [-0.1, -0.05) is 60.7 Å². The van der Waals surface area contributed by atoms with Gasteiger partial charge < -0.3 is 18.9 Å². The van der Waals surface area contributed by atoms with Crippen LogP contribution in [-0.2, 0) is 0 Å². The quantitative estimate of drug-likeness (QED) is 0.193. The van der Waals surface area contributed by atoms with Crippen molar-refractivity contribution >= 4 is 33.0 Å². The molecule has 0 fully saturated rings. The number of halogens is 1.